The molecule has 1 saturated heterocycles. The van der Waals surface area contributed by atoms with Gasteiger partial charge in [-0.3, -0.25) is 14.2 Å². The summed E-state index contributed by atoms with van der Waals surface area (Å²) in [4.78, 5) is 30.1. The van der Waals surface area contributed by atoms with Crippen molar-refractivity contribution in [3.63, 3.8) is 0 Å². The maximum absolute atomic E-state index is 14.7. The predicted octanol–water partition coefficient (Wildman–Crippen LogP) is 4.17. The number of fused-ring (bicyclic) bond motifs is 2. The number of aliphatic hydroxyl groups excluding tert-OH is 1. The Hall–Kier alpha value is -5.03. The molecule has 0 bridgehead atoms. The molecule has 4 aromatic heterocycles. The Morgan fingerprint density at radius 3 is 2.70 bits per heavy atom. The minimum Gasteiger partial charge on any atom is -0.488 e. The van der Waals surface area contributed by atoms with Crippen molar-refractivity contribution in [1.29, 1.82) is 0 Å². The van der Waals surface area contributed by atoms with E-state index >= 15 is 0 Å². The van der Waals surface area contributed by atoms with Gasteiger partial charge >= 0.3 is 18.1 Å². The van der Waals surface area contributed by atoms with E-state index in [0.717, 1.165) is 9.80 Å². The van der Waals surface area contributed by atoms with E-state index in [1.165, 1.54) is 47.9 Å². The zero-order chi connectivity index (χ0) is 32.7. The van der Waals surface area contributed by atoms with E-state index in [1.54, 1.807) is 6.07 Å². The number of hydrogen-bond donors (Lipinski definition) is 2. The number of alkyl halides is 3. The van der Waals surface area contributed by atoms with Crippen LogP contribution in [0.15, 0.2) is 56.2 Å². The van der Waals surface area contributed by atoms with Gasteiger partial charge in [0.2, 0.25) is 0 Å². The Morgan fingerprint density at radius 2 is 2.00 bits per heavy atom. The standard InChI is InChI=1S/C29H26F4N6O7/c1-15-23(46-28(43)45-15)14-38(27(41)42)18-6-7-37(13-18)25(29(31,32)33)17-3-5-24-35-36-26(39(24)12-17)20-4-2-16-10-19(30)22(44-9-8-40)11-21(16)34-20/h2-5,10-12,18,25,40H,6-9,13-14H2,1H3,(H,41,42)/t18?,25-/m1/s1. The number of carbonyl (C=O) groups is 1. The molecule has 2 atom stereocenters. The van der Waals surface area contributed by atoms with Crippen molar-refractivity contribution >= 4 is 22.6 Å². The lowest BCUT2D eigenvalue weighted by molar-refractivity contribution is -0.184. The van der Waals surface area contributed by atoms with Crippen LogP contribution < -0.4 is 10.6 Å². The van der Waals surface area contributed by atoms with Crippen LogP contribution >= 0.6 is 0 Å². The Bertz CT molecular complexity index is 1970. The quantitative estimate of drug-likeness (QED) is 0.221. The largest absolute Gasteiger partial charge is 0.519 e. The van der Waals surface area contributed by atoms with Gasteiger partial charge in [0.25, 0.3) is 0 Å². The second-order valence-corrected chi connectivity index (χ2v) is 10.7. The van der Waals surface area contributed by atoms with E-state index in [-0.39, 0.29) is 79.3 Å². The minimum absolute atomic E-state index is 0.0230. The molecule has 5 heterocycles. The van der Waals surface area contributed by atoms with Crippen LogP contribution in [0.5, 0.6) is 5.75 Å². The first-order valence-corrected chi connectivity index (χ1v) is 14.0. The summed E-state index contributed by atoms with van der Waals surface area (Å²) in [5.41, 5.74) is 0.688. The molecule has 5 aromatic rings. The third kappa shape index (κ3) is 5.97. The molecule has 242 valence electrons. The van der Waals surface area contributed by atoms with Crippen LogP contribution in [0.25, 0.3) is 28.1 Å². The fourth-order valence-electron chi connectivity index (χ4n) is 5.65. The van der Waals surface area contributed by atoms with Gasteiger partial charge in [0.15, 0.2) is 28.8 Å². The number of rotatable bonds is 9. The SMILES string of the molecule is Cc1oc(=O)oc1CN(C(=O)O)C1CCN([C@H](c2ccc3nnc(-c4ccc5cc(F)c(OCCO)cc5n4)n3c2)C(F)(F)F)C1. The van der Waals surface area contributed by atoms with Gasteiger partial charge in [-0.05, 0) is 37.1 Å². The van der Waals surface area contributed by atoms with Crippen LogP contribution in [0.4, 0.5) is 22.4 Å². The lowest BCUT2D eigenvalue weighted by Crippen LogP contribution is -2.43. The molecule has 0 spiro atoms. The summed E-state index contributed by atoms with van der Waals surface area (Å²) in [5, 5.41) is 27.5. The van der Waals surface area contributed by atoms with Gasteiger partial charge in [-0.1, -0.05) is 12.1 Å². The first kappa shape index (κ1) is 31.0. The third-order valence-electron chi connectivity index (χ3n) is 7.77. The first-order valence-electron chi connectivity index (χ1n) is 14.0. The maximum atomic E-state index is 14.7. The van der Waals surface area contributed by atoms with E-state index in [0.29, 0.717) is 10.9 Å². The van der Waals surface area contributed by atoms with Gasteiger partial charge < -0.3 is 23.8 Å². The first-order chi connectivity index (χ1) is 21.9. The van der Waals surface area contributed by atoms with Gasteiger partial charge in [0, 0.05) is 36.8 Å². The summed E-state index contributed by atoms with van der Waals surface area (Å²) < 4.78 is 74.7. The molecule has 1 unspecified atom stereocenters. The van der Waals surface area contributed by atoms with E-state index in [9.17, 15) is 32.3 Å². The fraction of sp³-hybridized carbons (Fsp3) is 0.345. The molecule has 1 amide bonds. The van der Waals surface area contributed by atoms with Crippen LogP contribution in [0.2, 0.25) is 0 Å². The number of aliphatic hydroxyl groups is 1. The molecule has 1 aliphatic rings. The highest BCUT2D eigenvalue weighted by Gasteiger charge is 2.48. The third-order valence-corrected chi connectivity index (χ3v) is 7.77. The average Bonchev–Trinajstić information content (AvgIpc) is 3.72. The highest BCUT2D eigenvalue weighted by atomic mass is 19.4. The molecule has 6 rings (SSSR count). The normalized spacial score (nSPS) is 16.3. The highest BCUT2D eigenvalue weighted by molar-refractivity contribution is 5.82. The zero-order valence-corrected chi connectivity index (χ0v) is 24.1. The molecule has 0 radical (unpaired) electrons. The summed E-state index contributed by atoms with van der Waals surface area (Å²) in [7, 11) is 0. The number of amides is 1. The average molecular weight is 647 g/mol. The number of aryl methyl sites for hydroxylation is 1. The number of hydrogen-bond acceptors (Lipinski definition) is 10. The molecule has 2 N–H and O–H groups in total. The zero-order valence-electron chi connectivity index (χ0n) is 24.1. The summed E-state index contributed by atoms with van der Waals surface area (Å²) in [6.07, 6.45) is -4.76. The second kappa shape index (κ2) is 12.1. The summed E-state index contributed by atoms with van der Waals surface area (Å²) in [6.45, 7) is 0.303. The number of benzene rings is 1. The number of aromatic nitrogens is 4. The number of nitrogens with zero attached hydrogens (tertiary/aromatic N) is 6. The minimum atomic E-state index is -4.74. The van der Waals surface area contributed by atoms with Crippen LogP contribution in [-0.2, 0) is 6.54 Å². The van der Waals surface area contributed by atoms with Crippen molar-refractivity contribution < 1.29 is 46.1 Å². The summed E-state index contributed by atoms with van der Waals surface area (Å²) in [5.74, 6) is -1.58. The van der Waals surface area contributed by atoms with Gasteiger partial charge in [0.1, 0.15) is 24.1 Å². The molecular weight excluding hydrogens is 620 g/mol. The lowest BCUT2D eigenvalue weighted by Gasteiger charge is -2.31. The van der Waals surface area contributed by atoms with Crippen LogP contribution in [0, 0.1) is 12.7 Å². The smallest absolute Gasteiger partial charge is 0.488 e. The van der Waals surface area contributed by atoms with Crippen LogP contribution in [0.3, 0.4) is 0 Å². The van der Waals surface area contributed by atoms with Gasteiger partial charge in [-0.25, -0.2) is 19.0 Å². The summed E-state index contributed by atoms with van der Waals surface area (Å²) >= 11 is 0. The van der Waals surface area contributed by atoms with Gasteiger partial charge in [-0.15, -0.1) is 10.2 Å². The van der Waals surface area contributed by atoms with Crippen LogP contribution in [0.1, 0.15) is 29.5 Å². The Labute approximate surface area is 256 Å². The number of ether oxygens (including phenoxy) is 1. The molecule has 13 nitrogen and oxygen atoms in total. The molecule has 0 saturated carbocycles. The van der Waals surface area contributed by atoms with Gasteiger partial charge in [-0.2, -0.15) is 13.2 Å². The highest BCUT2D eigenvalue weighted by Crippen LogP contribution is 2.40. The molecule has 46 heavy (non-hydrogen) atoms. The Balaban J connectivity index is 1.31. The lowest BCUT2D eigenvalue weighted by atomic mass is 10.1. The maximum Gasteiger partial charge on any atom is 0.519 e. The van der Waals surface area contributed by atoms with Crippen molar-refractivity contribution in [3.05, 3.63) is 76.1 Å². The van der Waals surface area contributed by atoms with Crippen molar-refractivity contribution in [1.82, 2.24) is 29.4 Å². The number of likely N-dealkylation sites (tertiary alicyclic amines) is 1. The molecule has 17 heteroatoms. The van der Waals surface area contributed by atoms with E-state index in [2.05, 4.69) is 15.2 Å². The van der Waals surface area contributed by atoms with E-state index in [1.807, 2.05) is 0 Å². The van der Waals surface area contributed by atoms with Crippen molar-refractivity contribution in [2.75, 3.05) is 26.3 Å². The van der Waals surface area contributed by atoms with Gasteiger partial charge in [0.05, 0.1) is 18.7 Å². The Kier molecular flexibility index (Phi) is 8.11. The molecule has 1 aliphatic heterocycles. The molecular formula is C29H26F4N6O7. The van der Waals surface area contributed by atoms with Crippen LogP contribution in [-0.4, -0.2) is 84.2 Å². The number of carboxylic acid groups (broad SMARTS) is 1. The van der Waals surface area contributed by atoms with Crippen molar-refractivity contribution in [3.8, 4) is 17.3 Å². The topological polar surface area (TPSA) is 160 Å². The second-order valence-electron chi connectivity index (χ2n) is 10.7. The van der Waals surface area contributed by atoms with Crippen molar-refractivity contribution in [2.45, 2.75) is 38.1 Å². The van der Waals surface area contributed by atoms with Crippen molar-refractivity contribution in [2.24, 2.45) is 0 Å². The van der Waals surface area contributed by atoms with E-state index in [4.69, 9.17) is 18.7 Å². The fourth-order valence-corrected chi connectivity index (χ4v) is 5.65. The Morgan fingerprint density at radius 1 is 1.20 bits per heavy atom. The molecule has 1 aromatic carbocycles. The molecule has 0 aliphatic carbocycles. The monoisotopic (exact) mass is 646 g/mol. The summed E-state index contributed by atoms with van der Waals surface area (Å²) in [6, 6.07) is 5.44. The predicted molar refractivity (Wildman–Crippen MR) is 151 cm³/mol. The molecule has 1 fully saturated rings. The van der Waals surface area contributed by atoms with E-state index < -0.39 is 36.0 Å². The number of pyridine rings is 2. The number of halogens is 4.